The van der Waals surface area contributed by atoms with Gasteiger partial charge in [-0.25, -0.2) is 9.97 Å². The second-order valence-corrected chi connectivity index (χ2v) is 10.6. The van der Waals surface area contributed by atoms with Crippen molar-refractivity contribution < 1.29 is 9.90 Å². The SMILES string of the molecule is N#Cc1cc(Cl)c(Nc2nc3cnc(N[C@H]4CCC[C@@H](O)C4)nc3n2[C@H]2CC[C@H](C(N)=O)CC2)c(Cl)c1. The lowest BCUT2D eigenvalue weighted by molar-refractivity contribution is -0.122. The molecule has 0 aliphatic heterocycles. The number of nitrogens with two attached hydrogens (primary N) is 1. The Morgan fingerprint density at radius 1 is 1.14 bits per heavy atom. The van der Waals surface area contributed by atoms with Crippen LogP contribution in [0.1, 0.15) is 63.0 Å². The lowest BCUT2D eigenvalue weighted by Gasteiger charge is -2.29. The number of nitrogens with zero attached hydrogens (tertiary/aromatic N) is 5. The fraction of sp³-hybridized carbons (Fsp3) is 0.480. The summed E-state index contributed by atoms with van der Waals surface area (Å²) in [6.07, 6.45) is 7.51. The normalized spacial score (nSPS) is 23.9. The molecule has 12 heteroatoms. The lowest BCUT2D eigenvalue weighted by atomic mass is 9.85. The average molecular weight is 543 g/mol. The largest absolute Gasteiger partial charge is 0.393 e. The van der Waals surface area contributed by atoms with E-state index in [1.54, 1.807) is 18.3 Å². The molecule has 0 unspecified atom stereocenters. The minimum atomic E-state index is -0.321. The van der Waals surface area contributed by atoms with Gasteiger partial charge >= 0.3 is 0 Å². The molecular weight excluding hydrogens is 515 g/mol. The summed E-state index contributed by atoms with van der Waals surface area (Å²) in [6, 6.07) is 5.24. The molecule has 37 heavy (non-hydrogen) atoms. The number of hydrogen-bond acceptors (Lipinski definition) is 8. The van der Waals surface area contributed by atoms with Gasteiger partial charge in [-0.2, -0.15) is 10.2 Å². The van der Waals surface area contributed by atoms with Crippen LogP contribution in [0, 0.1) is 17.2 Å². The van der Waals surface area contributed by atoms with Gasteiger partial charge in [0.25, 0.3) is 0 Å². The Bertz CT molecular complexity index is 1340. The van der Waals surface area contributed by atoms with Gasteiger partial charge in [0.2, 0.25) is 17.8 Å². The lowest BCUT2D eigenvalue weighted by Crippen LogP contribution is -2.30. The van der Waals surface area contributed by atoms with E-state index in [-0.39, 0.29) is 30.0 Å². The van der Waals surface area contributed by atoms with E-state index >= 15 is 0 Å². The van der Waals surface area contributed by atoms with Crippen molar-refractivity contribution in [1.29, 1.82) is 5.26 Å². The number of primary amides is 1. The third-order valence-corrected chi connectivity index (χ3v) is 7.88. The van der Waals surface area contributed by atoms with Crippen molar-refractivity contribution in [2.24, 2.45) is 11.7 Å². The van der Waals surface area contributed by atoms with E-state index in [0.717, 1.165) is 32.1 Å². The van der Waals surface area contributed by atoms with Gasteiger partial charge in [-0.3, -0.25) is 9.36 Å². The second kappa shape index (κ2) is 10.7. The summed E-state index contributed by atoms with van der Waals surface area (Å²) in [6.45, 7) is 0. The Morgan fingerprint density at radius 2 is 1.86 bits per heavy atom. The van der Waals surface area contributed by atoms with Gasteiger partial charge in [0.1, 0.15) is 5.52 Å². The van der Waals surface area contributed by atoms with Gasteiger partial charge in [-0.05, 0) is 63.5 Å². The number of nitriles is 1. The predicted octanol–water partition coefficient (Wildman–Crippen LogP) is 4.68. The number of aromatic nitrogens is 4. The van der Waals surface area contributed by atoms with Crippen LogP contribution in [0.3, 0.4) is 0 Å². The van der Waals surface area contributed by atoms with Crippen molar-refractivity contribution in [1.82, 2.24) is 19.5 Å². The Hall–Kier alpha value is -3.13. The summed E-state index contributed by atoms with van der Waals surface area (Å²) in [5.41, 5.74) is 7.58. The number of benzene rings is 1. The molecule has 2 saturated carbocycles. The Morgan fingerprint density at radius 3 is 2.51 bits per heavy atom. The molecule has 2 aliphatic carbocycles. The average Bonchev–Trinajstić information content (AvgIpc) is 3.23. The summed E-state index contributed by atoms with van der Waals surface area (Å²) in [5.74, 6) is 0.548. The van der Waals surface area contributed by atoms with Crippen LogP contribution in [-0.2, 0) is 4.79 Å². The van der Waals surface area contributed by atoms with Gasteiger partial charge in [0, 0.05) is 18.0 Å². The molecule has 2 heterocycles. The number of nitrogens with one attached hydrogen (secondary N) is 2. The number of imidazole rings is 1. The van der Waals surface area contributed by atoms with Gasteiger partial charge < -0.3 is 21.5 Å². The van der Waals surface area contributed by atoms with Crippen LogP contribution in [-0.4, -0.2) is 42.7 Å². The number of hydrogen-bond donors (Lipinski definition) is 4. The molecule has 0 spiro atoms. The van der Waals surface area contributed by atoms with E-state index < -0.39 is 0 Å². The maximum atomic E-state index is 11.7. The fourth-order valence-corrected chi connectivity index (χ4v) is 5.94. The van der Waals surface area contributed by atoms with E-state index in [4.69, 9.17) is 38.9 Å². The van der Waals surface area contributed by atoms with Crippen LogP contribution in [0.15, 0.2) is 18.3 Å². The van der Waals surface area contributed by atoms with Crippen LogP contribution in [0.5, 0.6) is 0 Å². The molecule has 0 radical (unpaired) electrons. The Balaban J connectivity index is 1.52. The number of aliphatic hydroxyl groups is 1. The zero-order valence-corrected chi connectivity index (χ0v) is 21.6. The summed E-state index contributed by atoms with van der Waals surface area (Å²) in [5, 5.41) is 26.5. The zero-order chi connectivity index (χ0) is 26.1. The first-order valence-electron chi connectivity index (χ1n) is 12.5. The van der Waals surface area contributed by atoms with E-state index in [0.29, 0.717) is 63.6 Å². The first kappa shape index (κ1) is 25.5. The first-order chi connectivity index (χ1) is 17.8. The molecule has 2 fully saturated rings. The molecule has 5 N–H and O–H groups in total. The van der Waals surface area contributed by atoms with Crippen molar-refractivity contribution in [2.45, 2.75) is 69.6 Å². The van der Waals surface area contributed by atoms with Crippen molar-refractivity contribution in [3.63, 3.8) is 0 Å². The van der Waals surface area contributed by atoms with Crippen LogP contribution in [0.25, 0.3) is 11.2 Å². The van der Waals surface area contributed by atoms with E-state index in [1.165, 1.54) is 0 Å². The minimum Gasteiger partial charge on any atom is -0.393 e. The predicted molar refractivity (Wildman–Crippen MR) is 142 cm³/mol. The van der Waals surface area contributed by atoms with Gasteiger partial charge in [-0.15, -0.1) is 0 Å². The topological polar surface area (TPSA) is 155 Å². The standard InChI is InChI=1S/C25H28Cl2N8O2/c26-18-8-13(11-28)9-19(27)21(18)33-25-32-20-12-30-24(31-15-2-1-3-17(36)10-15)34-23(20)35(25)16-6-4-14(5-7-16)22(29)37/h8-9,12,14-17,36H,1-7,10H2,(H2,29,37)(H,32,33)(H,30,31,34)/t14-,15-,16-,17+/m0/s1. The Kier molecular flexibility index (Phi) is 7.38. The number of rotatable bonds is 6. The van der Waals surface area contributed by atoms with Crippen molar-refractivity contribution in [3.05, 3.63) is 33.9 Å². The number of carbonyl (C=O) groups is 1. The molecule has 0 saturated heterocycles. The Labute approximate surface area is 224 Å². The number of carbonyl (C=O) groups excluding carboxylic acids is 1. The number of halogens is 2. The third-order valence-electron chi connectivity index (χ3n) is 7.28. The molecule has 194 valence electrons. The first-order valence-corrected chi connectivity index (χ1v) is 13.2. The monoisotopic (exact) mass is 542 g/mol. The number of anilines is 3. The van der Waals surface area contributed by atoms with Crippen LogP contribution in [0.2, 0.25) is 10.0 Å². The molecular formula is C25H28Cl2N8O2. The van der Waals surface area contributed by atoms with Crippen molar-refractivity contribution >= 4 is 57.9 Å². The van der Waals surface area contributed by atoms with Crippen LogP contribution >= 0.6 is 23.2 Å². The highest BCUT2D eigenvalue weighted by Gasteiger charge is 2.30. The minimum absolute atomic E-state index is 0.0123. The highest BCUT2D eigenvalue weighted by Crippen LogP contribution is 2.39. The maximum Gasteiger partial charge on any atom is 0.224 e. The smallest absolute Gasteiger partial charge is 0.224 e. The second-order valence-electron chi connectivity index (χ2n) is 9.83. The quantitative estimate of drug-likeness (QED) is 0.349. The molecule has 0 bridgehead atoms. The summed E-state index contributed by atoms with van der Waals surface area (Å²) in [4.78, 5) is 25.8. The third kappa shape index (κ3) is 5.44. The van der Waals surface area contributed by atoms with E-state index in [1.807, 2.05) is 10.6 Å². The highest BCUT2D eigenvalue weighted by atomic mass is 35.5. The zero-order valence-electron chi connectivity index (χ0n) is 20.1. The molecule has 2 aromatic heterocycles. The summed E-state index contributed by atoms with van der Waals surface area (Å²) in [7, 11) is 0. The molecule has 1 aromatic carbocycles. The van der Waals surface area contributed by atoms with Crippen molar-refractivity contribution in [2.75, 3.05) is 10.6 Å². The maximum absolute atomic E-state index is 11.7. The van der Waals surface area contributed by atoms with Crippen LogP contribution in [0.4, 0.5) is 17.6 Å². The molecule has 1 amide bonds. The van der Waals surface area contributed by atoms with E-state index in [9.17, 15) is 15.2 Å². The molecule has 10 nitrogen and oxygen atoms in total. The summed E-state index contributed by atoms with van der Waals surface area (Å²) < 4.78 is 2.01. The van der Waals surface area contributed by atoms with Gasteiger partial charge in [0.05, 0.1) is 39.7 Å². The molecule has 2 aliphatic rings. The highest BCUT2D eigenvalue weighted by molar-refractivity contribution is 6.39. The van der Waals surface area contributed by atoms with Gasteiger partial charge in [-0.1, -0.05) is 23.2 Å². The summed E-state index contributed by atoms with van der Waals surface area (Å²) >= 11 is 12.9. The van der Waals surface area contributed by atoms with Gasteiger partial charge in [0.15, 0.2) is 5.65 Å². The number of amides is 1. The molecule has 5 rings (SSSR count). The molecule has 2 atom stereocenters. The molecule has 3 aromatic rings. The van der Waals surface area contributed by atoms with Crippen LogP contribution < -0.4 is 16.4 Å². The van der Waals surface area contributed by atoms with Crippen molar-refractivity contribution in [3.8, 4) is 6.07 Å². The fourth-order valence-electron chi connectivity index (χ4n) is 5.36. The number of fused-ring (bicyclic) bond motifs is 1. The number of aliphatic hydroxyl groups excluding tert-OH is 1. The van der Waals surface area contributed by atoms with E-state index in [2.05, 4.69) is 15.6 Å².